The fourth-order valence-electron chi connectivity index (χ4n) is 1.60. The molecule has 0 amide bonds. The highest BCUT2D eigenvalue weighted by atomic mass is 32.2. The van der Waals surface area contributed by atoms with Crippen molar-refractivity contribution in [2.45, 2.75) is 30.4 Å². The molecule has 0 aliphatic rings. The quantitative estimate of drug-likeness (QED) is 0.824. The predicted molar refractivity (Wildman–Crippen MR) is 64.6 cm³/mol. The third kappa shape index (κ3) is 2.59. The summed E-state index contributed by atoms with van der Waals surface area (Å²) in [6.45, 7) is 3.38. The number of hydrogen-bond donors (Lipinski definition) is 0. The molecule has 1 rings (SSSR count). The molecule has 0 bridgehead atoms. The molecule has 0 heterocycles. The number of sulfone groups is 1. The second kappa shape index (κ2) is 5.19. The van der Waals surface area contributed by atoms with E-state index in [1.54, 1.807) is 26.0 Å². The first-order chi connectivity index (χ1) is 7.97. The largest absolute Gasteiger partial charge is 0.497 e. The van der Waals surface area contributed by atoms with E-state index in [1.165, 1.54) is 13.2 Å². The van der Waals surface area contributed by atoms with Crippen LogP contribution in [-0.2, 0) is 9.84 Å². The van der Waals surface area contributed by atoms with E-state index in [1.807, 2.05) is 6.07 Å². The first kappa shape index (κ1) is 13.5. The predicted octanol–water partition coefficient (Wildman–Crippen LogP) is 2.08. The zero-order valence-electron chi connectivity index (χ0n) is 10.1. The average molecular weight is 253 g/mol. The molecule has 1 aromatic rings. The van der Waals surface area contributed by atoms with Gasteiger partial charge in [0.15, 0.2) is 15.1 Å². The van der Waals surface area contributed by atoms with Crippen LogP contribution in [0.5, 0.6) is 5.75 Å². The van der Waals surface area contributed by atoms with Crippen molar-refractivity contribution in [3.05, 3.63) is 23.8 Å². The number of nitrogens with zero attached hydrogens (tertiary/aromatic N) is 1. The topological polar surface area (TPSA) is 67.2 Å². The Morgan fingerprint density at radius 1 is 1.47 bits per heavy atom. The summed E-state index contributed by atoms with van der Waals surface area (Å²) in [7, 11) is -2.05. The van der Waals surface area contributed by atoms with Crippen LogP contribution >= 0.6 is 0 Å². The normalized spacial score (nSPS) is 12.8. The van der Waals surface area contributed by atoms with Gasteiger partial charge in [0.05, 0.1) is 18.1 Å². The van der Waals surface area contributed by atoms with Crippen molar-refractivity contribution in [3.8, 4) is 11.8 Å². The van der Waals surface area contributed by atoms with Crippen molar-refractivity contribution < 1.29 is 13.2 Å². The second-order valence-electron chi connectivity index (χ2n) is 3.70. The van der Waals surface area contributed by atoms with Crippen LogP contribution in [0.1, 0.15) is 18.9 Å². The molecule has 0 aliphatic carbocycles. The molecular weight excluding hydrogens is 238 g/mol. The summed E-state index contributed by atoms with van der Waals surface area (Å²) in [6, 6.07) is 6.55. The van der Waals surface area contributed by atoms with E-state index in [0.29, 0.717) is 11.3 Å². The highest BCUT2D eigenvalue weighted by molar-refractivity contribution is 7.92. The number of rotatable bonds is 4. The minimum atomic E-state index is -3.57. The molecule has 0 aromatic heterocycles. The third-order valence-electron chi connectivity index (χ3n) is 2.58. The van der Waals surface area contributed by atoms with Gasteiger partial charge in [-0.15, -0.1) is 0 Å². The van der Waals surface area contributed by atoms with Gasteiger partial charge in [0.25, 0.3) is 0 Å². The molecule has 0 saturated carbocycles. The van der Waals surface area contributed by atoms with Gasteiger partial charge >= 0.3 is 0 Å². The molecule has 1 unspecified atom stereocenters. The molecule has 0 spiro atoms. The van der Waals surface area contributed by atoms with Gasteiger partial charge in [-0.3, -0.25) is 0 Å². The lowest BCUT2D eigenvalue weighted by Crippen LogP contribution is -2.19. The van der Waals surface area contributed by atoms with Crippen LogP contribution < -0.4 is 4.74 Å². The fourth-order valence-corrected chi connectivity index (χ4v) is 3.25. The van der Waals surface area contributed by atoms with E-state index in [4.69, 9.17) is 10.00 Å². The molecule has 0 N–H and O–H groups in total. The molecule has 5 heteroatoms. The smallest absolute Gasteiger partial charge is 0.194 e. The summed E-state index contributed by atoms with van der Waals surface area (Å²) < 4.78 is 29.3. The number of ether oxygens (including phenoxy) is 1. The Morgan fingerprint density at radius 3 is 2.53 bits per heavy atom. The van der Waals surface area contributed by atoms with E-state index >= 15 is 0 Å². The molecule has 4 nitrogen and oxygen atoms in total. The number of benzene rings is 1. The molecule has 0 saturated heterocycles. The first-order valence-electron chi connectivity index (χ1n) is 5.25. The summed E-state index contributed by atoms with van der Waals surface area (Å²) in [5.41, 5.74) is 0.595. The van der Waals surface area contributed by atoms with Crippen LogP contribution in [0.4, 0.5) is 0 Å². The van der Waals surface area contributed by atoms with E-state index < -0.39 is 15.1 Å². The van der Waals surface area contributed by atoms with Crippen LogP contribution in [0, 0.1) is 18.3 Å². The summed E-state index contributed by atoms with van der Waals surface area (Å²) in [5, 5.41) is 7.87. The molecule has 0 aliphatic heterocycles. The lowest BCUT2D eigenvalue weighted by atomic mass is 10.2. The molecule has 1 atom stereocenters. The molecule has 1 aromatic carbocycles. The highest BCUT2D eigenvalue weighted by Crippen LogP contribution is 2.25. The number of nitriles is 1. The van der Waals surface area contributed by atoms with Crippen LogP contribution in [0.3, 0.4) is 0 Å². The van der Waals surface area contributed by atoms with E-state index in [-0.39, 0.29) is 11.3 Å². The SMILES string of the molecule is CCC(C#N)S(=O)(=O)c1ccc(OC)cc1C. The van der Waals surface area contributed by atoms with Gasteiger partial charge in [0.1, 0.15) is 5.75 Å². The number of methoxy groups -OCH3 is 1. The second-order valence-corrected chi connectivity index (χ2v) is 5.80. The summed E-state index contributed by atoms with van der Waals surface area (Å²) in [5.74, 6) is 0.603. The lowest BCUT2D eigenvalue weighted by molar-refractivity contribution is 0.414. The zero-order chi connectivity index (χ0) is 13.1. The molecule has 92 valence electrons. The Balaban J connectivity index is 3.30. The molecule has 17 heavy (non-hydrogen) atoms. The lowest BCUT2D eigenvalue weighted by Gasteiger charge is -2.12. The van der Waals surface area contributed by atoms with Crippen molar-refractivity contribution in [1.82, 2.24) is 0 Å². The van der Waals surface area contributed by atoms with Gasteiger partial charge in [-0.2, -0.15) is 5.26 Å². The van der Waals surface area contributed by atoms with Crippen LogP contribution in [-0.4, -0.2) is 20.8 Å². The van der Waals surface area contributed by atoms with Gasteiger partial charge in [0.2, 0.25) is 0 Å². The monoisotopic (exact) mass is 253 g/mol. The van der Waals surface area contributed by atoms with Crippen molar-refractivity contribution >= 4 is 9.84 Å². The highest BCUT2D eigenvalue weighted by Gasteiger charge is 2.27. The minimum Gasteiger partial charge on any atom is -0.497 e. The van der Waals surface area contributed by atoms with Crippen molar-refractivity contribution in [1.29, 1.82) is 5.26 Å². The van der Waals surface area contributed by atoms with Gasteiger partial charge in [0, 0.05) is 0 Å². The van der Waals surface area contributed by atoms with E-state index in [9.17, 15) is 8.42 Å². The maximum atomic E-state index is 12.2. The Kier molecular flexibility index (Phi) is 4.13. The first-order valence-corrected chi connectivity index (χ1v) is 6.80. The summed E-state index contributed by atoms with van der Waals surface area (Å²) in [6.07, 6.45) is 0.282. The standard InChI is InChI=1S/C12H15NO3S/c1-4-11(8-13)17(14,15)12-6-5-10(16-3)7-9(12)2/h5-7,11H,4H2,1-3H3. The Hall–Kier alpha value is -1.54. The maximum Gasteiger partial charge on any atom is 0.194 e. The van der Waals surface area contributed by atoms with E-state index in [0.717, 1.165) is 0 Å². The van der Waals surface area contributed by atoms with Gasteiger partial charge in [-0.25, -0.2) is 8.42 Å². The van der Waals surface area contributed by atoms with Crippen LogP contribution in [0.15, 0.2) is 23.1 Å². The number of hydrogen-bond acceptors (Lipinski definition) is 4. The average Bonchev–Trinajstić information content (AvgIpc) is 2.29. The van der Waals surface area contributed by atoms with Crippen molar-refractivity contribution in [2.75, 3.05) is 7.11 Å². The number of aryl methyl sites for hydroxylation is 1. The van der Waals surface area contributed by atoms with Gasteiger partial charge in [-0.05, 0) is 37.1 Å². The van der Waals surface area contributed by atoms with Crippen molar-refractivity contribution in [2.24, 2.45) is 0 Å². The Bertz CT molecular complexity index is 543. The minimum absolute atomic E-state index is 0.201. The third-order valence-corrected chi connectivity index (χ3v) is 4.84. The van der Waals surface area contributed by atoms with Crippen LogP contribution in [0.2, 0.25) is 0 Å². The van der Waals surface area contributed by atoms with E-state index in [2.05, 4.69) is 0 Å². The Morgan fingerprint density at radius 2 is 2.12 bits per heavy atom. The van der Waals surface area contributed by atoms with Gasteiger partial charge < -0.3 is 4.74 Å². The summed E-state index contributed by atoms with van der Waals surface area (Å²) >= 11 is 0. The zero-order valence-corrected chi connectivity index (χ0v) is 10.9. The van der Waals surface area contributed by atoms with Crippen molar-refractivity contribution in [3.63, 3.8) is 0 Å². The van der Waals surface area contributed by atoms with Crippen LogP contribution in [0.25, 0.3) is 0 Å². The molecular formula is C12H15NO3S. The summed E-state index contributed by atoms with van der Waals surface area (Å²) in [4.78, 5) is 0.201. The molecule has 0 radical (unpaired) electrons. The fraction of sp³-hybridized carbons (Fsp3) is 0.417. The molecule has 0 fully saturated rings. The maximum absolute atomic E-state index is 12.2. The Labute approximate surface area is 102 Å². The van der Waals surface area contributed by atoms with Gasteiger partial charge in [-0.1, -0.05) is 6.92 Å².